The largest absolute Gasteiger partial charge is 0.465 e. The molecule has 2 atom stereocenters. The van der Waals surface area contributed by atoms with Gasteiger partial charge in [-0.15, -0.1) is 0 Å². The molecule has 1 saturated heterocycles. The fraction of sp³-hybridized carbons (Fsp3) is 0.591. The van der Waals surface area contributed by atoms with Gasteiger partial charge in [0.2, 0.25) is 18.3 Å². The molecule has 198 valence electrons. The van der Waals surface area contributed by atoms with Crippen LogP contribution in [0.1, 0.15) is 55.5 Å². The summed E-state index contributed by atoms with van der Waals surface area (Å²) in [4.78, 5) is 31.5. The highest BCUT2D eigenvalue weighted by molar-refractivity contribution is 5.87. The van der Waals surface area contributed by atoms with Crippen LogP contribution in [0.25, 0.3) is 11.0 Å². The van der Waals surface area contributed by atoms with Gasteiger partial charge in [-0.05, 0) is 24.8 Å². The Morgan fingerprint density at radius 1 is 1.14 bits per heavy atom. The number of halogens is 7. The molecular formula is C22H23F7N4O3. The number of hydrogen-bond acceptors (Lipinski definition) is 3. The van der Waals surface area contributed by atoms with E-state index in [1.807, 2.05) is 0 Å². The second-order valence-electron chi connectivity index (χ2n) is 9.34. The third kappa shape index (κ3) is 5.36. The summed E-state index contributed by atoms with van der Waals surface area (Å²) in [5.41, 5.74) is -0.772. The van der Waals surface area contributed by atoms with Crippen LogP contribution in [0.3, 0.4) is 0 Å². The zero-order valence-electron chi connectivity index (χ0n) is 18.7. The molecule has 1 aliphatic carbocycles. The molecular weight excluding hydrogens is 501 g/mol. The average Bonchev–Trinajstić information content (AvgIpc) is 3.19. The van der Waals surface area contributed by atoms with Crippen molar-refractivity contribution < 1.29 is 45.4 Å². The van der Waals surface area contributed by atoms with E-state index in [0.717, 1.165) is 6.07 Å². The van der Waals surface area contributed by atoms with Gasteiger partial charge in [0.15, 0.2) is 5.82 Å². The molecule has 2 aromatic rings. The molecule has 36 heavy (non-hydrogen) atoms. The van der Waals surface area contributed by atoms with Crippen molar-refractivity contribution >= 4 is 23.0 Å². The number of rotatable bonds is 7. The van der Waals surface area contributed by atoms with Crippen LogP contribution in [-0.2, 0) is 4.79 Å². The van der Waals surface area contributed by atoms with Crippen molar-refractivity contribution in [2.75, 3.05) is 13.1 Å². The number of carbonyl (C=O) groups excluding carboxylic acids is 1. The number of nitrogens with one attached hydrogen (secondary N) is 2. The maximum atomic E-state index is 15.5. The normalized spacial score (nSPS) is 21.3. The minimum atomic E-state index is -3.14. The molecule has 1 aromatic heterocycles. The second kappa shape index (κ2) is 9.43. The standard InChI is InChI=1S/C22H23F7N4O3/c23-14(24)7-12(19(34)33-8-22(28,29)9-33)11-1-2-13-17(15(11)25)31-18(30-13)16(32-20(35)36)10-3-5-21(26,27)6-4-10/h1-2,10,12,14,16,32H,3-9H2,(H,30,31)(H,35,36). The Morgan fingerprint density at radius 3 is 2.33 bits per heavy atom. The summed E-state index contributed by atoms with van der Waals surface area (Å²) in [6, 6.07) is 1.26. The van der Waals surface area contributed by atoms with Crippen molar-refractivity contribution in [1.82, 2.24) is 20.2 Å². The summed E-state index contributed by atoms with van der Waals surface area (Å²) >= 11 is 0. The molecule has 14 heteroatoms. The smallest absolute Gasteiger partial charge is 0.405 e. The summed E-state index contributed by atoms with van der Waals surface area (Å²) < 4.78 is 95.5. The molecule has 2 amide bonds. The van der Waals surface area contributed by atoms with Crippen LogP contribution >= 0.6 is 0 Å². The number of benzene rings is 1. The fourth-order valence-corrected chi connectivity index (χ4v) is 4.86. The van der Waals surface area contributed by atoms with Crippen LogP contribution in [0.5, 0.6) is 0 Å². The molecule has 0 radical (unpaired) electrons. The molecule has 1 aliphatic heterocycles. The van der Waals surface area contributed by atoms with Gasteiger partial charge in [-0.25, -0.2) is 40.5 Å². The summed E-state index contributed by atoms with van der Waals surface area (Å²) in [6.45, 7) is -1.91. The molecule has 2 aliphatic rings. The monoisotopic (exact) mass is 524 g/mol. The predicted octanol–water partition coefficient (Wildman–Crippen LogP) is 5.05. The molecule has 0 bridgehead atoms. The van der Waals surface area contributed by atoms with Gasteiger partial charge in [-0.3, -0.25) is 4.79 Å². The lowest BCUT2D eigenvalue weighted by Gasteiger charge is -2.40. The van der Waals surface area contributed by atoms with Crippen molar-refractivity contribution in [3.8, 4) is 0 Å². The van der Waals surface area contributed by atoms with Crippen LogP contribution in [0.2, 0.25) is 0 Å². The van der Waals surface area contributed by atoms with Gasteiger partial charge in [0, 0.05) is 24.8 Å². The maximum absolute atomic E-state index is 15.5. The number of H-pyrrole nitrogens is 1. The highest BCUT2D eigenvalue weighted by Gasteiger charge is 2.48. The van der Waals surface area contributed by atoms with Crippen molar-refractivity contribution in [1.29, 1.82) is 0 Å². The number of aromatic amines is 1. The summed E-state index contributed by atoms with van der Waals surface area (Å²) in [5.74, 6) is -10.6. The van der Waals surface area contributed by atoms with E-state index < -0.39 is 91.9 Å². The van der Waals surface area contributed by atoms with Gasteiger partial charge in [-0.2, -0.15) is 0 Å². The topological polar surface area (TPSA) is 98.3 Å². The van der Waals surface area contributed by atoms with E-state index in [9.17, 15) is 41.0 Å². The number of hydrogen-bond donors (Lipinski definition) is 3. The highest BCUT2D eigenvalue weighted by Crippen LogP contribution is 2.42. The number of carbonyl (C=O) groups is 2. The first-order valence-electron chi connectivity index (χ1n) is 11.3. The van der Waals surface area contributed by atoms with Crippen LogP contribution in [0.15, 0.2) is 12.1 Å². The predicted molar refractivity (Wildman–Crippen MR) is 112 cm³/mol. The lowest BCUT2D eigenvalue weighted by molar-refractivity contribution is -0.168. The van der Waals surface area contributed by atoms with Gasteiger partial charge >= 0.3 is 6.09 Å². The van der Waals surface area contributed by atoms with Crippen molar-refractivity contribution in [2.45, 2.75) is 62.3 Å². The Hall–Kier alpha value is -3.06. The SMILES string of the molecule is O=C(O)NC(c1nc2c(F)c(C(CC(F)F)C(=O)N3CC(F)(F)C3)ccc2[nH]1)C1CCC(F)(F)CC1. The first kappa shape index (κ1) is 26.0. The van der Waals surface area contributed by atoms with E-state index in [4.69, 9.17) is 0 Å². The van der Waals surface area contributed by atoms with E-state index in [1.165, 1.54) is 6.07 Å². The number of alkyl halides is 6. The average molecular weight is 524 g/mol. The van der Waals surface area contributed by atoms with E-state index >= 15 is 4.39 Å². The molecule has 4 rings (SSSR count). The Labute approximate surface area is 200 Å². The first-order chi connectivity index (χ1) is 16.8. The zero-order valence-corrected chi connectivity index (χ0v) is 18.7. The number of fused-ring (bicyclic) bond motifs is 1. The minimum absolute atomic E-state index is 0.0197. The van der Waals surface area contributed by atoms with E-state index in [0.29, 0.717) is 4.90 Å². The summed E-state index contributed by atoms with van der Waals surface area (Å²) in [6.07, 6.45) is -6.53. The molecule has 0 spiro atoms. The van der Waals surface area contributed by atoms with Gasteiger partial charge < -0.3 is 20.3 Å². The molecule has 1 aromatic carbocycles. The first-order valence-corrected chi connectivity index (χ1v) is 11.3. The number of imidazole rings is 1. The molecule has 2 fully saturated rings. The van der Waals surface area contributed by atoms with Crippen LogP contribution in [0.4, 0.5) is 35.5 Å². The molecule has 2 unspecified atom stereocenters. The van der Waals surface area contributed by atoms with Gasteiger partial charge in [0.1, 0.15) is 11.3 Å². The van der Waals surface area contributed by atoms with E-state index in [2.05, 4.69) is 15.3 Å². The van der Waals surface area contributed by atoms with Crippen molar-refractivity contribution in [3.05, 3.63) is 29.3 Å². The maximum Gasteiger partial charge on any atom is 0.405 e. The van der Waals surface area contributed by atoms with Crippen LogP contribution in [-0.4, -0.2) is 63.3 Å². The van der Waals surface area contributed by atoms with E-state index in [-0.39, 0.29) is 29.7 Å². The highest BCUT2D eigenvalue weighted by atomic mass is 19.3. The van der Waals surface area contributed by atoms with Crippen molar-refractivity contribution in [2.24, 2.45) is 5.92 Å². The minimum Gasteiger partial charge on any atom is -0.465 e. The summed E-state index contributed by atoms with van der Waals surface area (Å²) in [7, 11) is 0. The van der Waals surface area contributed by atoms with Crippen LogP contribution in [0, 0.1) is 11.7 Å². The number of amides is 2. The Kier molecular flexibility index (Phi) is 6.82. The van der Waals surface area contributed by atoms with Gasteiger partial charge in [0.25, 0.3) is 5.92 Å². The number of nitrogens with zero attached hydrogens (tertiary/aromatic N) is 2. The Bertz CT molecular complexity index is 1140. The lowest BCUT2D eigenvalue weighted by atomic mass is 9.82. The fourth-order valence-electron chi connectivity index (χ4n) is 4.86. The van der Waals surface area contributed by atoms with Gasteiger partial charge in [-0.1, -0.05) is 6.07 Å². The molecule has 1 saturated carbocycles. The van der Waals surface area contributed by atoms with Crippen LogP contribution < -0.4 is 5.32 Å². The zero-order chi connectivity index (χ0) is 26.4. The third-order valence-corrected chi connectivity index (χ3v) is 6.69. The third-order valence-electron chi connectivity index (χ3n) is 6.69. The number of aromatic nitrogens is 2. The Morgan fingerprint density at radius 2 is 1.78 bits per heavy atom. The molecule has 3 N–H and O–H groups in total. The van der Waals surface area contributed by atoms with E-state index in [1.54, 1.807) is 0 Å². The lowest BCUT2D eigenvalue weighted by Crippen LogP contribution is -2.59. The number of likely N-dealkylation sites (tertiary alicyclic amines) is 1. The quantitative estimate of drug-likeness (QED) is 0.442. The second-order valence-corrected chi connectivity index (χ2v) is 9.34. The number of carboxylic acid groups (broad SMARTS) is 1. The molecule has 7 nitrogen and oxygen atoms in total. The van der Waals surface area contributed by atoms with Gasteiger partial charge in [0.05, 0.1) is 30.6 Å². The van der Waals surface area contributed by atoms with Crippen molar-refractivity contribution in [3.63, 3.8) is 0 Å². The molecule has 2 heterocycles. The Balaban J connectivity index is 1.66. The summed E-state index contributed by atoms with van der Waals surface area (Å²) in [5, 5.41) is 11.5.